The Balaban J connectivity index is 3.61. The Morgan fingerprint density at radius 1 is 1.28 bits per heavy atom. The molecule has 0 rings (SSSR count). The van der Waals surface area contributed by atoms with E-state index in [4.69, 9.17) is 5.11 Å². The molecular weight excluding hydrogens is 250 g/mol. The summed E-state index contributed by atoms with van der Waals surface area (Å²) in [4.78, 5) is 22.1. The van der Waals surface area contributed by atoms with Crippen molar-refractivity contribution >= 4 is 23.6 Å². The molecule has 106 valence electrons. The minimum atomic E-state index is -0.809. The molecule has 0 fully saturated rings. The molecule has 0 heterocycles. The summed E-state index contributed by atoms with van der Waals surface area (Å²) in [5.74, 6) is -0.384. The van der Waals surface area contributed by atoms with Gasteiger partial charge in [0.15, 0.2) is 0 Å². The summed E-state index contributed by atoms with van der Waals surface area (Å²) >= 11 is 1.38. The lowest BCUT2D eigenvalue weighted by molar-refractivity contribution is -0.140. The molecule has 5 heteroatoms. The predicted octanol–water partition coefficient (Wildman–Crippen LogP) is 2.53. The summed E-state index contributed by atoms with van der Waals surface area (Å²) < 4.78 is 0. The highest BCUT2D eigenvalue weighted by Crippen LogP contribution is 2.08. The molecule has 0 aliphatic heterocycles. The predicted molar refractivity (Wildman–Crippen MR) is 75.9 cm³/mol. The smallest absolute Gasteiger partial charge is 0.307 e. The monoisotopic (exact) mass is 275 g/mol. The minimum absolute atomic E-state index is 0.00147. The van der Waals surface area contributed by atoms with Gasteiger partial charge in [-0.3, -0.25) is 9.59 Å². The summed E-state index contributed by atoms with van der Waals surface area (Å²) in [5.41, 5.74) is 0. The van der Waals surface area contributed by atoms with Crippen LogP contribution in [0.25, 0.3) is 0 Å². The first-order valence-electron chi connectivity index (χ1n) is 6.57. The van der Waals surface area contributed by atoms with E-state index in [1.165, 1.54) is 24.6 Å². The second-order valence-corrected chi connectivity index (χ2v) is 5.75. The van der Waals surface area contributed by atoms with E-state index in [2.05, 4.69) is 12.2 Å². The number of carbonyl (C=O) groups is 2. The van der Waals surface area contributed by atoms with Crippen LogP contribution in [-0.4, -0.2) is 34.5 Å². The van der Waals surface area contributed by atoms with Crippen LogP contribution in [0.1, 0.15) is 46.5 Å². The van der Waals surface area contributed by atoms with E-state index in [9.17, 15) is 9.59 Å². The van der Waals surface area contributed by atoms with Gasteiger partial charge in [-0.1, -0.05) is 33.1 Å². The van der Waals surface area contributed by atoms with Crippen molar-refractivity contribution < 1.29 is 14.7 Å². The molecule has 0 aromatic carbocycles. The molecule has 0 bridgehead atoms. The number of hydrogen-bond donors (Lipinski definition) is 2. The van der Waals surface area contributed by atoms with Crippen LogP contribution in [0.15, 0.2) is 0 Å². The van der Waals surface area contributed by atoms with E-state index in [-0.39, 0.29) is 11.9 Å². The molecule has 0 aliphatic carbocycles. The van der Waals surface area contributed by atoms with Gasteiger partial charge in [-0.25, -0.2) is 0 Å². The summed E-state index contributed by atoms with van der Waals surface area (Å²) in [6.45, 7) is 5.82. The average molecular weight is 275 g/mol. The number of nitrogens with one attached hydrogen (secondary N) is 1. The van der Waals surface area contributed by atoms with Crippen LogP contribution in [0.2, 0.25) is 0 Å². The molecule has 0 aromatic rings. The number of hydrogen-bond acceptors (Lipinski definition) is 3. The molecular formula is C13H25NO3S. The van der Waals surface area contributed by atoms with Gasteiger partial charge in [0.05, 0.1) is 11.7 Å². The number of aliphatic carboxylic acids is 1. The number of thioether (sulfide) groups is 1. The van der Waals surface area contributed by atoms with Crippen molar-refractivity contribution in [2.45, 2.75) is 52.5 Å². The number of carboxylic acids is 1. The highest BCUT2D eigenvalue weighted by Gasteiger charge is 2.12. The van der Waals surface area contributed by atoms with Crippen LogP contribution in [0, 0.1) is 5.92 Å². The highest BCUT2D eigenvalue weighted by molar-refractivity contribution is 7.99. The maximum atomic E-state index is 11.6. The number of amides is 1. The van der Waals surface area contributed by atoms with Crippen molar-refractivity contribution in [3.63, 3.8) is 0 Å². The van der Waals surface area contributed by atoms with Gasteiger partial charge in [0.2, 0.25) is 5.91 Å². The number of rotatable bonds is 10. The SMILES string of the molecule is CCCCCC(C)NC(=O)CSCC(C)C(=O)O. The molecule has 0 aliphatic rings. The van der Waals surface area contributed by atoms with Gasteiger partial charge in [-0.05, 0) is 13.3 Å². The van der Waals surface area contributed by atoms with Crippen LogP contribution < -0.4 is 5.32 Å². The molecule has 1 amide bonds. The zero-order chi connectivity index (χ0) is 14.0. The fourth-order valence-corrected chi connectivity index (χ4v) is 2.37. The lowest BCUT2D eigenvalue weighted by Gasteiger charge is -2.13. The molecule has 0 saturated heterocycles. The van der Waals surface area contributed by atoms with Crippen molar-refractivity contribution in [3.05, 3.63) is 0 Å². The standard InChI is InChI=1S/C13H25NO3S/c1-4-5-6-7-11(3)14-12(15)9-18-8-10(2)13(16)17/h10-11H,4-9H2,1-3H3,(H,14,15)(H,16,17). The number of unbranched alkanes of at least 4 members (excludes halogenated alkanes) is 2. The lowest BCUT2D eigenvalue weighted by atomic mass is 10.1. The van der Waals surface area contributed by atoms with E-state index in [0.29, 0.717) is 11.5 Å². The quantitative estimate of drug-likeness (QED) is 0.601. The van der Waals surface area contributed by atoms with Crippen molar-refractivity contribution in [3.8, 4) is 0 Å². The molecule has 0 spiro atoms. The van der Waals surface area contributed by atoms with Crippen LogP contribution in [0.4, 0.5) is 0 Å². The Labute approximate surface area is 114 Å². The van der Waals surface area contributed by atoms with Crippen LogP contribution in [0.5, 0.6) is 0 Å². The van der Waals surface area contributed by atoms with Crippen molar-refractivity contribution in [2.24, 2.45) is 5.92 Å². The Kier molecular flexibility index (Phi) is 9.83. The molecule has 2 N–H and O–H groups in total. The van der Waals surface area contributed by atoms with Crippen molar-refractivity contribution in [2.75, 3.05) is 11.5 Å². The summed E-state index contributed by atoms with van der Waals surface area (Å²) in [5, 5.41) is 11.6. The first-order valence-corrected chi connectivity index (χ1v) is 7.72. The van der Waals surface area contributed by atoms with Gasteiger partial charge in [0, 0.05) is 11.8 Å². The van der Waals surface area contributed by atoms with Crippen molar-refractivity contribution in [1.82, 2.24) is 5.32 Å². The zero-order valence-corrected chi connectivity index (χ0v) is 12.4. The molecule has 2 unspecified atom stereocenters. The fourth-order valence-electron chi connectivity index (χ4n) is 1.49. The van der Waals surface area contributed by atoms with Gasteiger partial charge in [0.1, 0.15) is 0 Å². The maximum absolute atomic E-state index is 11.6. The van der Waals surface area contributed by atoms with Crippen LogP contribution in [-0.2, 0) is 9.59 Å². The lowest BCUT2D eigenvalue weighted by Crippen LogP contribution is -2.34. The first kappa shape index (κ1) is 17.3. The van der Waals surface area contributed by atoms with Gasteiger partial charge in [0.25, 0.3) is 0 Å². The third-order valence-electron chi connectivity index (χ3n) is 2.67. The normalized spacial score (nSPS) is 13.9. The number of carbonyl (C=O) groups excluding carboxylic acids is 1. The average Bonchev–Trinajstić information content (AvgIpc) is 2.28. The van der Waals surface area contributed by atoms with Gasteiger partial charge in [-0.15, -0.1) is 0 Å². The first-order chi connectivity index (χ1) is 8.47. The molecule has 2 atom stereocenters. The Hall–Kier alpha value is -0.710. The van der Waals surface area contributed by atoms with Crippen molar-refractivity contribution in [1.29, 1.82) is 0 Å². The largest absolute Gasteiger partial charge is 0.481 e. The summed E-state index contributed by atoms with van der Waals surface area (Å²) in [7, 11) is 0. The second kappa shape index (κ2) is 10.2. The Morgan fingerprint density at radius 3 is 2.50 bits per heavy atom. The Bertz CT molecular complexity index is 259. The number of carboxylic acid groups (broad SMARTS) is 1. The van der Waals surface area contributed by atoms with E-state index < -0.39 is 11.9 Å². The maximum Gasteiger partial charge on any atom is 0.307 e. The van der Waals surface area contributed by atoms with E-state index >= 15 is 0 Å². The second-order valence-electron chi connectivity index (χ2n) is 4.72. The van der Waals surface area contributed by atoms with Gasteiger partial charge >= 0.3 is 5.97 Å². The zero-order valence-electron chi connectivity index (χ0n) is 11.6. The highest BCUT2D eigenvalue weighted by atomic mass is 32.2. The van der Waals surface area contributed by atoms with Gasteiger partial charge in [-0.2, -0.15) is 11.8 Å². The molecule has 4 nitrogen and oxygen atoms in total. The van der Waals surface area contributed by atoms with Crippen LogP contribution in [0.3, 0.4) is 0 Å². The van der Waals surface area contributed by atoms with Crippen LogP contribution >= 0.6 is 11.8 Å². The van der Waals surface area contributed by atoms with E-state index in [0.717, 1.165) is 12.8 Å². The topological polar surface area (TPSA) is 66.4 Å². The minimum Gasteiger partial charge on any atom is -0.481 e. The molecule has 18 heavy (non-hydrogen) atoms. The summed E-state index contributed by atoms with van der Waals surface area (Å²) in [6.07, 6.45) is 4.53. The molecule has 0 aromatic heterocycles. The van der Waals surface area contributed by atoms with E-state index in [1.807, 2.05) is 6.92 Å². The third-order valence-corrected chi connectivity index (χ3v) is 3.87. The summed E-state index contributed by atoms with van der Waals surface area (Å²) in [6, 6.07) is 0.210. The van der Waals surface area contributed by atoms with Gasteiger partial charge < -0.3 is 10.4 Å². The molecule has 0 saturated carbocycles. The Morgan fingerprint density at radius 2 is 1.94 bits per heavy atom. The molecule has 0 radical (unpaired) electrons. The van der Waals surface area contributed by atoms with E-state index in [1.54, 1.807) is 6.92 Å². The third kappa shape index (κ3) is 9.33. The fraction of sp³-hybridized carbons (Fsp3) is 0.846.